The van der Waals surface area contributed by atoms with E-state index < -0.39 is 58.8 Å². The van der Waals surface area contributed by atoms with Gasteiger partial charge in [0.15, 0.2) is 5.01 Å². The molecule has 2 N–H and O–H groups in total. The highest BCUT2D eigenvalue weighted by atomic mass is 32.1. The van der Waals surface area contributed by atoms with Crippen LogP contribution < -0.4 is 5.32 Å². The van der Waals surface area contributed by atoms with Gasteiger partial charge in [-0.3, -0.25) is 9.59 Å². The number of alkyl halides is 6. The Morgan fingerprint density at radius 1 is 1.17 bits per heavy atom. The van der Waals surface area contributed by atoms with Gasteiger partial charge in [0.05, 0.1) is 22.1 Å². The van der Waals surface area contributed by atoms with E-state index in [1.54, 1.807) is 13.8 Å². The minimum atomic E-state index is -5.05. The summed E-state index contributed by atoms with van der Waals surface area (Å²) in [5.41, 5.74) is -3.64. The van der Waals surface area contributed by atoms with Crippen LogP contribution in [0.4, 0.5) is 32.2 Å². The number of aromatic nitrogens is 2. The molecule has 2 aromatic rings. The van der Waals surface area contributed by atoms with Crippen LogP contribution in [0, 0.1) is 0 Å². The Kier molecular flexibility index (Phi) is 9.33. The number of hydrogen-bond donors (Lipinski definition) is 2. The van der Waals surface area contributed by atoms with Gasteiger partial charge < -0.3 is 20.2 Å². The van der Waals surface area contributed by atoms with Crippen molar-refractivity contribution in [1.82, 2.24) is 19.8 Å². The highest BCUT2D eigenvalue weighted by Crippen LogP contribution is 2.42. The van der Waals surface area contributed by atoms with Crippen LogP contribution in [0.15, 0.2) is 12.3 Å². The number of carbonyl (C=O) groups is 2. The number of likely N-dealkylation sites (tertiary alicyclic amines) is 1. The molecule has 3 atom stereocenters. The molecule has 1 aliphatic heterocycles. The summed E-state index contributed by atoms with van der Waals surface area (Å²) in [5, 5.41) is 12.0. The molecule has 228 valence electrons. The normalized spacial score (nSPS) is 18.2. The van der Waals surface area contributed by atoms with E-state index in [1.165, 1.54) is 30.7 Å². The third-order valence-electron chi connectivity index (χ3n) is 7.31. The van der Waals surface area contributed by atoms with Crippen molar-refractivity contribution in [1.29, 1.82) is 0 Å². The number of hydrogen-bond acceptors (Lipinski definition) is 7. The van der Waals surface area contributed by atoms with Gasteiger partial charge in [-0.15, -0.1) is 11.3 Å². The minimum Gasteiger partial charge on any atom is -0.388 e. The summed E-state index contributed by atoms with van der Waals surface area (Å²) in [5.74, 6) is -2.06. The van der Waals surface area contributed by atoms with Gasteiger partial charge in [0, 0.05) is 31.4 Å². The van der Waals surface area contributed by atoms with Crippen LogP contribution in [0.3, 0.4) is 0 Å². The predicted molar refractivity (Wildman–Crippen MR) is 142 cm³/mol. The third-order valence-corrected chi connectivity index (χ3v) is 8.39. The van der Waals surface area contributed by atoms with Crippen LogP contribution in [0.25, 0.3) is 10.4 Å². The van der Waals surface area contributed by atoms with Gasteiger partial charge in [-0.1, -0.05) is 0 Å². The molecule has 0 saturated carbocycles. The smallest absolute Gasteiger partial charge is 0.388 e. The summed E-state index contributed by atoms with van der Waals surface area (Å²) in [6, 6.07) is -2.69. The number of nitrogens with zero attached hydrogens (tertiary/aromatic N) is 4. The number of thiazole rings is 1. The van der Waals surface area contributed by atoms with Crippen LogP contribution in [0.1, 0.15) is 79.7 Å². The van der Waals surface area contributed by atoms with Gasteiger partial charge in [-0.25, -0.2) is 9.97 Å². The number of carbonyl (C=O) groups excluding carboxylic acids is 2. The van der Waals surface area contributed by atoms with E-state index >= 15 is 0 Å². The van der Waals surface area contributed by atoms with Crippen molar-refractivity contribution >= 4 is 29.0 Å². The standard InChI is InChI=1S/C26H33F6N5O3S/c1-13-9-7-8-10-37(13)22(38)19-20(41-21(35-19)23(39)36(6)15(3)24(4,5)40)16-12-33-18(11-17(16)26(30,31)32)34-14(2)25(27,28)29/h11-15,40H,7-10H2,1-6H3,(H,33,34)/t13-,14-,15?/m0/s1. The van der Waals surface area contributed by atoms with Gasteiger partial charge in [0.1, 0.15) is 17.6 Å². The Balaban J connectivity index is 2.18. The quantitative estimate of drug-likeness (QED) is 0.384. The zero-order valence-corrected chi connectivity index (χ0v) is 24.3. The van der Waals surface area contributed by atoms with Gasteiger partial charge in [-0.2, -0.15) is 26.3 Å². The summed E-state index contributed by atoms with van der Waals surface area (Å²) in [7, 11) is 1.39. The molecule has 0 bridgehead atoms. The number of halogens is 6. The molecule has 0 aromatic carbocycles. The molecule has 0 radical (unpaired) electrons. The molecule has 15 heteroatoms. The average molecular weight is 610 g/mol. The van der Waals surface area contributed by atoms with Crippen molar-refractivity contribution in [3.63, 3.8) is 0 Å². The second-order valence-electron chi connectivity index (χ2n) is 10.8. The van der Waals surface area contributed by atoms with Crippen molar-refractivity contribution in [3.05, 3.63) is 28.5 Å². The van der Waals surface area contributed by atoms with Gasteiger partial charge in [0.25, 0.3) is 11.8 Å². The lowest BCUT2D eigenvalue weighted by Gasteiger charge is -2.33. The zero-order chi connectivity index (χ0) is 31.1. The Bertz CT molecular complexity index is 1270. The molecule has 1 saturated heterocycles. The first-order valence-corrected chi connectivity index (χ1v) is 13.8. The van der Waals surface area contributed by atoms with E-state index in [9.17, 15) is 41.0 Å². The lowest BCUT2D eigenvalue weighted by molar-refractivity contribution is -0.138. The molecule has 1 fully saturated rings. The first kappa shape index (κ1) is 32.6. The number of nitrogens with one attached hydrogen (secondary N) is 1. The van der Waals surface area contributed by atoms with Gasteiger partial charge >= 0.3 is 12.4 Å². The number of amides is 2. The molecule has 8 nitrogen and oxygen atoms in total. The van der Waals surface area contributed by atoms with Crippen molar-refractivity contribution in [2.75, 3.05) is 18.9 Å². The first-order valence-electron chi connectivity index (χ1n) is 13.0. The first-order chi connectivity index (χ1) is 18.7. The number of likely N-dealkylation sites (N-methyl/N-ethyl adjacent to an activating group) is 1. The lowest BCUT2D eigenvalue weighted by atomic mass is 9.99. The number of rotatable bonds is 7. The molecule has 1 unspecified atom stereocenters. The van der Waals surface area contributed by atoms with E-state index in [2.05, 4.69) is 9.97 Å². The summed E-state index contributed by atoms with van der Waals surface area (Å²) in [6.45, 7) is 7.44. The van der Waals surface area contributed by atoms with Gasteiger partial charge in [0.2, 0.25) is 0 Å². The maximum atomic E-state index is 14.3. The second-order valence-corrected chi connectivity index (χ2v) is 11.8. The van der Waals surface area contributed by atoms with E-state index in [0.717, 1.165) is 19.5 Å². The molecule has 41 heavy (non-hydrogen) atoms. The Morgan fingerprint density at radius 2 is 1.80 bits per heavy atom. The van der Waals surface area contributed by atoms with Gasteiger partial charge in [-0.05, 0) is 59.9 Å². The number of aliphatic hydroxyl groups is 1. The average Bonchev–Trinajstić information content (AvgIpc) is 3.31. The van der Waals surface area contributed by atoms with Crippen molar-refractivity contribution < 1.29 is 41.0 Å². The summed E-state index contributed by atoms with van der Waals surface area (Å²) in [4.78, 5) is 37.3. The van der Waals surface area contributed by atoms with Crippen molar-refractivity contribution in [3.8, 4) is 10.4 Å². The largest absolute Gasteiger partial charge is 0.417 e. The van der Waals surface area contributed by atoms with E-state index in [4.69, 9.17) is 0 Å². The fraction of sp³-hybridized carbons (Fsp3) is 0.615. The molecular formula is C26H33F6N5O3S. The zero-order valence-electron chi connectivity index (χ0n) is 23.4. The Labute approximate surface area is 237 Å². The van der Waals surface area contributed by atoms with E-state index in [1.807, 2.05) is 5.32 Å². The number of pyridine rings is 1. The molecule has 3 heterocycles. The molecule has 1 aliphatic rings. The second kappa shape index (κ2) is 11.7. The van der Waals surface area contributed by atoms with Crippen LogP contribution in [-0.4, -0.2) is 80.2 Å². The molecule has 3 rings (SSSR count). The molecule has 2 aromatic heterocycles. The van der Waals surface area contributed by atoms with Crippen LogP contribution in [0.5, 0.6) is 0 Å². The molecule has 2 amide bonds. The third kappa shape index (κ3) is 7.29. The monoisotopic (exact) mass is 609 g/mol. The Hall–Kier alpha value is -2.94. The van der Waals surface area contributed by atoms with E-state index in [-0.39, 0.29) is 21.6 Å². The number of anilines is 1. The fourth-order valence-electron chi connectivity index (χ4n) is 4.33. The summed E-state index contributed by atoms with van der Waals surface area (Å²) >= 11 is 0.553. The summed E-state index contributed by atoms with van der Waals surface area (Å²) in [6.07, 6.45) is -6.82. The molecule has 0 aliphatic carbocycles. The fourth-order valence-corrected chi connectivity index (χ4v) is 5.39. The highest BCUT2D eigenvalue weighted by Gasteiger charge is 2.40. The van der Waals surface area contributed by atoms with Crippen LogP contribution >= 0.6 is 11.3 Å². The topological polar surface area (TPSA) is 98.7 Å². The predicted octanol–water partition coefficient (Wildman–Crippen LogP) is 5.83. The number of piperidine rings is 1. The van der Waals surface area contributed by atoms with Crippen molar-refractivity contribution in [2.24, 2.45) is 0 Å². The maximum absolute atomic E-state index is 14.3. The van der Waals surface area contributed by atoms with Crippen LogP contribution in [-0.2, 0) is 6.18 Å². The Morgan fingerprint density at radius 3 is 2.34 bits per heavy atom. The van der Waals surface area contributed by atoms with E-state index in [0.29, 0.717) is 36.8 Å². The maximum Gasteiger partial charge on any atom is 0.417 e. The lowest BCUT2D eigenvalue weighted by Crippen LogP contribution is -2.48. The van der Waals surface area contributed by atoms with Crippen LogP contribution in [0.2, 0.25) is 0 Å². The minimum absolute atomic E-state index is 0.224. The summed E-state index contributed by atoms with van der Waals surface area (Å²) < 4.78 is 81.9. The van der Waals surface area contributed by atoms with Crippen molar-refractivity contribution in [2.45, 2.75) is 90.0 Å². The molecular weight excluding hydrogens is 576 g/mol. The SMILES string of the molecule is CC(N(C)C(=O)c1nc(C(=O)N2CCCC[C@@H]2C)c(-c2cnc(N[C@@H](C)C(F)(F)F)cc2C(F)(F)F)s1)C(C)(C)O. The molecule has 0 spiro atoms. The highest BCUT2D eigenvalue weighted by molar-refractivity contribution is 7.17.